The molecular formula is C58H67Br2Cl3F3N11O9S6. The Kier molecular flexibility index (Phi) is 27.1. The average molecular weight is 1580 g/mol. The zero-order valence-corrected chi connectivity index (χ0v) is 58.2. The monoisotopic (exact) mass is 1570 g/mol. The second-order valence-corrected chi connectivity index (χ2v) is 31.5. The first-order valence-corrected chi connectivity index (χ1v) is 36.1. The van der Waals surface area contributed by atoms with Crippen molar-refractivity contribution in [1.82, 2.24) is 32.1 Å². The lowest BCUT2D eigenvalue weighted by Crippen LogP contribution is -2.55. The minimum absolute atomic E-state index is 0. The van der Waals surface area contributed by atoms with Crippen LogP contribution in [-0.4, -0.2) is 105 Å². The zero-order chi connectivity index (χ0) is 65.2. The number of anilines is 3. The number of halogens is 8. The summed E-state index contributed by atoms with van der Waals surface area (Å²) in [6.07, 6.45) is 7.94. The van der Waals surface area contributed by atoms with Crippen LogP contribution in [0, 0.1) is 17.5 Å². The van der Waals surface area contributed by atoms with Gasteiger partial charge >= 0.3 is 10.2 Å². The van der Waals surface area contributed by atoms with Crippen molar-refractivity contribution < 1.29 is 52.8 Å². The molecule has 0 bridgehead atoms. The van der Waals surface area contributed by atoms with Gasteiger partial charge in [-0.05, 0) is 148 Å². The third kappa shape index (κ3) is 18.1. The minimum Gasteiger partial charge on any atom is -0.325 e. The molecule has 3 amide bonds. The van der Waals surface area contributed by atoms with Crippen LogP contribution >= 0.6 is 101 Å². The normalized spacial score (nSPS) is 19.0. The van der Waals surface area contributed by atoms with Crippen molar-refractivity contribution in [2.24, 2.45) is 11.4 Å². The fourth-order valence-electron chi connectivity index (χ4n) is 9.14. The molecule has 4 atom stereocenters. The van der Waals surface area contributed by atoms with Gasteiger partial charge in [0.15, 0.2) is 0 Å². The molecule has 2 saturated heterocycles. The minimum atomic E-state index is -4.07. The van der Waals surface area contributed by atoms with Gasteiger partial charge in [0.25, 0.3) is 26.3 Å². The summed E-state index contributed by atoms with van der Waals surface area (Å²) >= 11 is 28.6. The van der Waals surface area contributed by atoms with Gasteiger partial charge < -0.3 is 16.0 Å². The Morgan fingerprint density at radius 1 is 0.620 bits per heavy atom. The molecule has 3 aliphatic heterocycles. The number of hydrogen-bond acceptors (Lipinski definition) is 13. The van der Waals surface area contributed by atoms with Crippen LogP contribution in [0.1, 0.15) is 97.2 Å². The summed E-state index contributed by atoms with van der Waals surface area (Å²) in [6.45, 7) is 6.04. The highest BCUT2D eigenvalue weighted by Crippen LogP contribution is 2.40. The van der Waals surface area contributed by atoms with Crippen LogP contribution in [0.25, 0.3) is 11.1 Å². The number of aryl methyl sites for hydroxylation is 4. The molecule has 92 heavy (non-hydrogen) atoms. The highest BCUT2D eigenvalue weighted by atomic mass is 79.9. The third-order valence-electron chi connectivity index (χ3n) is 14.0. The number of nitrogens with one attached hydrogen (secondary N) is 5. The molecule has 34 heteroatoms. The predicted molar refractivity (Wildman–Crippen MR) is 372 cm³/mol. The van der Waals surface area contributed by atoms with E-state index in [0.717, 1.165) is 94.8 Å². The van der Waals surface area contributed by atoms with Gasteiger partial charge in [-0.15, -0.1) is 38.4 Å². The van der Waals surface area contributed by atoms with Crippen molar-refractivity contribution in [2.75, 3.05) is 37.1 Å². The molecule has 7 aromatic rings. The lowest BCUT2D eigenvalue weighted by atomic mass is 10.0. The van der Waals surface area contributed by atoms with E-state index in [1.54, 1.807) is 16.9 Å². The smallest absolute Gasteiger partial charge is 0.325 e. The van der Waals surface area contributed by atoms with Crippen molar-refractivity contribution in [3.63, 3.8) is 0 Å². The van der Waals surface area contributed by atoms with Crippen LogP contribution in [0.3, 0.4) is 0 Å². The van der Waals surface area contributed by atoms with Gasteiger partial charge in [-0.25, -0.2) is 17.5 Å². The van der Waals surface area contributed by atoms with Gasteiger partial charge in [-0.1, -0.05) is 77.9 Å². The Labute approximate surface area is 578 Å². The number of amides is 3. The first-order chi connectivity index (χ1) is 41.8. The first kappa shape index (κ1) is 77.6. The molecule has 3 aliphatic rings. The molecule has 5 N–H and O–H groups in total. The number of allylic oxidation sites excluding steroid dienone is 1. The number of aromatic nitrogens is 2. The maximum atomic E-state index is 13.4. The lowest BCUT2D eigenvalue weighted by molar-refractivity contribution is -0.120. The Hall–Kier alpha value is -5.10. The molecule has 4 aromatic heterocycles. The lowest BCUT2D eigenvalue weighted by Gasteiger charge is -2.35. The van der Waals surface area contributed by atoms with E-state index in [0.29, 0.717) is 10.6 Å². The van der Waals surface area contributed by atoms with Crippen molar-refractivity contribution in [3.8, 4) is 11.1 Å². The van der Waals surface area contributed by atoms with Gasteiger partial charge in [0.05, 0.1) is 43.9 Å². The quantitative estimate of drug-likeness (QED) is 0.0730. The van der Waals surface area contributed by atoms with E-state index >= 15 is 0 Å². The predicted octanol–water partition coefficient (Wildman–Crippen LogP) is 14.1. The van der Waals surface area contributed by atoms with E-state index in [2.05, 4.69) is 66.8 Å². The average Bonchev–Trinajstić information content (AvgIpc) is 1.36. The first-order valence-electron chi connectivity index (χ1n) is 26.6. The van der Waals surface area contributed by atoms with Crippen molar-refractivity contribution in [3.05, 3.63) is 168 Å². The Bertz CT molecular complexity index is 4310. The van der Waals surface area contributed by atoms with Gasteiger partial charge in [0, 0.05) is 90.3 Å². The van der Waals surface area contributed by atoms with Gasteiger partial charge in [0.2, 0.25) is 11.8 Å². The molecule has 500 valence electrons. The summed E-state index contributed by atoms with van der Waals surface area (Å²) in [5.41, 5.74) is 2.83. The van der Waals surface area contributed by atoms with E-state index in [1.807, 2.05) is 46.1 Å². The summed E-state index contributed by atoms with van der Waals surface area (Å²) < 4.78 is 131. The number of benzene rings is 3. The topological polar surface area (TPSA) is 254 Å². The number of likely N-dealkylation sites (N-methyl/N-ethyl adjacent to an activating group) is 3. The molecule has 4 unspecified atom stereocenters. The highest BCUT2D eigenvalue weighted by Gasteiger charge is 2.43. The fraction of sp³-hybridized carbons (Fsp3) is 0.328. The van der Waals surface area contributed by atoms with Crippen LogP contribution in [-0.2, 0) is 71.3 Å². The highest BCUT2D eigenvalue weighted by molar-refractivity contribution is 9.11. The number of carbonyl (C=O) groups is 3. The number of thiophene rings is 3. The van der Waals surface area contributed by atoms with Crippen molar-refractivity contribution in [1.29, 1.82) is 0 Å². The molecule has 0 radical (unpaired) electrons. The number of hydrogen-bond donors (Lipinski definition) is 5. The summed E-state index contributed by atoms with van der Waals surface area (Å²) in [5, 5.41) is 11.6. The maximum Gasteiger partial charge on any atom is 0.345 e. The Morgan fingerprint density at radius 3 is 1.46 bits per heavy atom. The van der Waals surface area contributed by atoms with Gasteiger partial charge in [-0.3, -0.25) is 19.1 Å². The number of nitrogens with zero attached hydrogens (tertiary/aromatic N) is 6. The third-order valence-corrected chi connectivity index (χ3v) is 25.4. The van der Waals surface area contributed by atoms with Gasteiger partial charge in [-0.2, -0.15) is 48.4 Å². The molecule has 0 saturated carbocycles. The maximum absolute atomic E-state index is 13.4. The Balaban J connectivity index is 0.000000248. The second-order valence-electron chi connectivity index (χ2n) is 19.9. The fourth-order valence-corrected chi connectivity index (χ4v) is 18.4. The molecule has 2 fully saturated rings. The molecule has 7 heterocycles. The summed E-state index contributed by atoms with van der Waals surface area (Å²) in [7, 11) is -6.04. The number of rotatable bonds is 13. The van der Waals surface area contributed by atoms with Crippen molar-refractivity contribution >= 4 is 172 Å². The van der Waals surface area contributed by atoms with E-state index in [-0.39, 0.29) is 73.0 Å². The molecule has 20 nitrogen and oxygen atoms in total. The SMILES string of the molecule is C.C.C.CCc1sc(C2=NS(=O)(=O)N(C)C(C(=O)Nc3ccc(F)c(Cl)c3)=C2)cc1Br.CCc1sc(C2CC(C(=O)Nc3ccc(F)c(Cl)c3)N(C)S(=O)(=O)N2)cc1-c1cnn(C)c1.CCc1sc(C2CC(C(=O)Nc3ccc(F)c(Cl)c3)N(C)S(=O)(=O)N2)cc1Br. The molecule has 0 aliphatic carbocycles. The van der Waals surface area contributed by atoms with Crippen LogP contribution in [0.15, 0.2) is 110 Å². The molecule has 3 aromatic carbocycles. The standard InChI is InChI=1S/C21H23ClFN5O3S2.C17H18BrClFN3O3S2.C17H14BrClFN3O3S2.3CH4/c1-4-19-14(12-10-24-27(2)11-12)8-20(32-19)17-9-18(28(3)33(30,31)26-17)21(29)25-13-5-6-16(23)15(22)7-13;2*1-3-15-10(18)7-16(27-15)13-8-14(23(2)28(25,26)22-13)17(24)21-9-4-5-12(20)11(19)6-9;;;/h5-8,10-11,17-18,26H,4,9H2,1-3H3,(H,25,29);4-7,13-14,22H,3,8H2,1-2H3,(H,21,24);4-8H,3H2,1-2H3,(H,21,24);3*1H4. The largest absolute Gasteiger partial charge is 0.345 e. The number of carbonyl (C=O) groups excluding carboxylic acids is 3. The van der Waals surface area contributed by atoms with Crippen LogP contribution in [0.4, 0.5) is 30.2 Å². The van der Waals surface area contributed by atoms with Crippen LogP contribution in [0.5, 0.6) is 0 Å². The van der Waals surface area contributed by atoms with E-state index in [1.165, 1.54) is 97.6 Å². The van der Waals surface area contributed by atoms with Gasteiger partial charge in [0.1, 0.15) is 35.2 Å². The summed E-state index contributed by atoms with van der Waals surface area (Å²) in [6, 6.07) is 13.9. The van der Waals surface area contributed by atoms with Crippen LogP contribution in [0.2, 0.25) is 15.1 Å². The van der Waals surface area contributed by atoms with E-state index in [4.69, 9.17) is 34.8 Å². The molecular weight excluding hydrogens is 1510 g/mol. The van der Waals surface area contributed by atoms with Crippen LogP contribution < -0.4 is 25.4 Å². The van der Waals surface area contributed by atoms with E-state index < -0.39 is 90.0 Å². The summed E-state index contributed by atoms with van der Waals surface area (Å²) in [4.78, 5) is 44.0. The molecule has 0 spiro atoms. The molecule has 10 rings (SSSR count). The Morgan fingerprint density at radius 2 is 1.04 bits per heavy atom. The van der Waals surface area contributed by atoms with Crippen molar-refractivity contribution in [2.45, 2.75) is 99.3 Å². The second kappa shape index (κ2) is 32.1. The summed E-state index contributed by atoms with van der Waals surface area (Å²) in [5.74, 6) is -3.55. The van der Waals surface area contributed by atoms with E-state index in [9.17, 15) is 52.8 Å². The zero-order valence-electron chi connectivity index (χ0n) is 47.8.